The first kappa shape index (κ1) is 15.8. The largest absolute Gasteiger partial charge is 0.463 e. The summed E-state index contributed by atoms with van der Waals surface area (Å²) in [5.41, 5.74) is -0.0448. The van der Waals surface area contributed by atoms with E-state index in [4.69, 9.17) is 4.74 Å². The second-order valence-corrected chi connectivity index (χ2v) is 5.58. The number of rotatable bonds is 8. The third kappa shape index (κ3) is 4.17. The highest BCUT2D eigenvalue weighted by molar-refractivity contribution is 5.35. The molecule has 0 bridgehead atoms. The highest BCUT2D eigenvalue weighted by atomic mass is 16.5. The van der Waals surface area contributed by atoms with Gasteiger partial charge in [-0.25, -0.2) is 0 Å². The van der Waals surface area contributed by atoms with Crippen LogP contribution in [-0.2, 0) is 0 Å². The summed E-state index contributed by atoms with van der Waals surface area (Å²) in [4.78, 5) is 12.7. The maximum atomic E-state index is 9.64. The molecule has 1 aliphatic rings. The van der Waals surface area contributed by atoms with E-state index in [2.05, 4.69) is 25.6 Å². The summed E-state index contributed by atoms with van der Waals surface area (Å²) < 4.78 is 5.47. The van der Waals surface area contributed by atoms with Crippen molar-refractivity contribution in [3.8, 4) is 6.01 Å². The predicted molar refractivity (Wildman–Crippen MR) is 81.6 cm³/mol. The van der Waals surface area contributed by atoms with Gasteiger partial charge in [0.05, 0.1) is 13.2 Å². The lowest BCUT2D eigenvalue weighted by Crippen LogP contribution is -2.31. The Morgan fingerprint density at radius 3 is 2.52 bits per heavy atom. The normalized spacial score (nSPS) is 16.7. The molecule has 3 N–H and O–H groups in total. The highest BCUT2D eigenvalue weighted by Crippen LogP contribution is 2.37. The first-order valence-electron chi connectivity index (χ1n) is 7.63. The van der Waals surface area contributed by atoms with Gasteiger partial charge in [0.15, 0.2) is 0 Å². The van der Waals surface area contributed by atoms with Gasteiger partial charge in [0.1, 0.15) is 0 Å². The van der Waals surface area contributed by atoms with E-state index in [0.29, 0.717) is 31.1 Å². The molecule has 0 amide bonds. The topological polar surface area (TPSA) is 92.2 Å². The molecule has 0 unspecified atom stereocenters. The van der Waals surface area contributed by atoms with E-state index in [1.165, 1.54) is 12.8 Å². The second kappa shape index (κ2) is 7.40. The van der Waals surface area contributed by atoms with Crippen molar-refractivity contribution < 1.29 is 9.84 Å². The minimum atomic E-state index is -0.0448. The average Bonchev–Trinajstić information content (AvgIpc) is 3.00. The molecular formula is C14H25N5O2. The Balaban J connectivity index is 2.04. The Kier molecular flexibility index (Phi) is 5.55. The van der Waals surface area contributed by atoms with Crippen LogP contribution in [0.5, 0.6) is 6.01 Å². The lowest BCUT2D eigenvalue weighted by Gasteiger charge is -2.26. The fourth-order valence-corrected chi connectivity index (χ4v) is 2.59. The quantitative estimate of drug-likeness (QED) is 0.671. The molecule has 7 nitrogen and oxygen atoms in total. The zero-order chi connectivity index (χ0) is 15.1. The molecule has 0 aliphatic heterocycles. The number of nitrogens with zero attached hydrogens (tertiary/aromatic N) is 3. The van der Waals surface area contributed by atoms with Gasteiger partial charge in [0.25, 0.3) is 0 Å². The summed E-state index contributed by atoms with van der Waals surface area (Å²) in [6.07, 6.45) is 5.33. The van der Waals surface area contributed by atoms with Crippen molar-refractivity contribution >= 4 is 11.9 Å². The van der Waals surface area contributed by atoms with Crippen LogP contribution in [0.25, 0.3) is 0 Å². The molecule has 118 valence electrons. The molecule has 1 heterocycles. The summed E-state index contributed by atoms with van der Waals surface area (Å²) >= 11 is 0. The van der Waals surface area contributed by atoms with Gasteiger partial charge >= 0.3 is 6.01 Å². The molecule has 0 aromatic carbocycles. The Labute approximate surface area is 125 Å². The monoisotopic (exact) mass is 295 g/mol. The maximum Gasteiger partial charge on any atom is 0.323 e. The first-order valence-corrected chi connectivity index (χ1v) is 7.63. The molecule has 1 fully saturated rings. The van der Waals surface area contributed by atoms with E-state index in [1.807, 2.05) is 6.92 Å². The van der Waals surface area contributed by atoms with E-state index in [-0.39, 0.29) is 12.0 Å². The van der Waals surface area contributed by atoms with E-state index in [1.54, 1.807) is 7.05 Å². The van der Waals surface area contributed by atoms with Crippen LogP contribution in [0.3, 0.4) is 0 Å². The van der Waals surface area contributed by atoms with Crippen molar-refractivity contribution in [1.82, 2.24) is 15.0 Å². The van der Waals surface area contributed by atoms with Crippen molar-refractivity contribution in [2.75, 3.05) is 37.4 Å². The van der Waals surface area contributed by atoms with Gasteiger partial charge in [-0.05, 0) is 19.3 Å². The molecule has 0 atom stereocenters. The van der Waals surface area contributed by atoms with E-state index in [9.17, 15) is 5.11 Å². The van der Waals surface area contributed by atoms with E-state index in [0.717, 1.165) is 19.3 Å². The van der Waals surface area contributed by atoms with Crippen LogP contribution in [0.1, 0.15) is 39.0 Å². The van der Waals surface area contributed by atoms with Crippen molar-refractivity contribution in [1.29, 1.82) is 0 Å². The third-order valence-electron chi connectivity index (χ3n) is 3.89. The lowest BCUT2D eigenvalue weighted by molar-refractivity contribution is 0.142. The van der Waals surface area contributed by atoms with Crippen LogP contribution in [0.15, 0.2) is 0 Å². The smallest absolute Gasteiger partial charge is 0.323 e. The van der Waals surface area contributed by atoms with Gasteiger partial charge < -0.3 is 20.5 Å². The van der Waals surface area contributed by atoms with E-state index < -0.39 is 0 Å². The molecule has 0 spiro atoms. The third-order valence-corrected chi connectivity index (χ3v) is 3.89. The van der Waals surface area contributed by atoms with Crippen LogP contribution in [0.4, 0.5) is 11.9 Å². The van der Waals surface area contributed by atoms with Gasteiger partial charge in [-0.3, -0.25) is 0 Å². The minimum Gasteiger partial charge on any atom is -0.463 e. The number of anilines is 2. The fourth-order valence-electron chi connectivity index (χ4n) is 2.59. The fraction of sp³-hybridized carbons (Fsp3) is 0.786. The Bertz CT molecular complexity index is 449. The summed E-state index contributed by atoms with van der Waals surface area (Å²) in [6.45, 7) is 3.48. The first-order chi connectivity index (χ1) is 10.2. The summed E-state index contributed by atoms with van der Waals surface area (Å²) in [6, 6.07) is 0.322. The van der Waals surface area contributed by atoms with Crippen LogP contribution < -0.4 is 15.4 Å². The van der Waals surface area contributed by atoms with Gasteiger partial charge in [-0.1, -0.05) is 19.8 Å². The molecule has 1 saturated carbocycles. The summed E-state index contributed by atoms with van der Waals surface area (Å²) in [5.74, 6) is 0.961. The van der Waals surface area contributed by atoms with Crippen LogP contribution >= 0.6 is 0 Å². The molecule has 0 saturated heterocycles. The van der Waals surface area contributed by atoms with Crippen molar-refractivity contribution in [3.63, 3.8) is 0 Å². The standard InChI is InChI=1S/C14H25N5O2/c1-3-8-21-13-18-11(15-2)17-12(19-13)16-9-14(10-20)6-4-5-7-14/h20H,3-10H2,1-2H3,(H2,15,16,17,18,19). The number of hydrogen-bond donors (Lipinski definition) is 3. The Morgan fingerprint density at radius 1 is 1.19 bits per heavy atom. The van der Waals surface area contributed by atoms with Crippen LogP contribution in [0, 0.1) is 5.41 Å². The zero-order valence-corrected chi connectivity index (χ0v) is 12.9. The summed E-state index contributed by atoms with van der Waals surface area (Å²) in [5, 5.41) is 15.8. The molecule has 0 radical (unpaired) electrons. The molecule has 1 aliphatic carbocycles. The maximum absolute atomic E-state index is 9.64. The highest BCUT2D eigenvalue weighted by Gasteiger charge is 2.33. The van der Waals surface area contributed by atoms with Gasteiger partial charge in [0.2, 0.25) is 11.9 Å². The number of aliphatic hydroxyl groups is 1. The SMILES string of the molecule is CCCOc1nc(NC)nc(NCC2(CO)CCCC2)n1. The number of aliphatic hydroxyl groups excluding tert-OH is 1. The van der Waals surface area contributed by atoms with Crippen molar-refractivity contribution in [3.05, 3.63) is 0 Å². The number of nitrogens with one attached hydrogen (secondary N) is 2. The minimum absolute atomic E-state index is 0.0448. The average molecular weight is 295 g/mol. The van der Waals surface area contributed by atoms with Crippen LogP contribution in [0.2, 0.25) is 0 Å². The lowest BCUT2D eigenvalue weighted by atomic mass is 9.87. The molecule has 7 heteroatoms. The zero-order valence-electron chi connectivity index (χ0n) is 12.9. The van der Waals surface area contributed by atoms with Gasteiger partial charge in [0, 0.05) is 19.0 Å². The number of aromatic nitrogens is 3. The molecule has 1 aromatic rings. The predicted octanol–water partition coefficient (Wildman–Crippen LogP) is 1.67. The van der Waals surface area contributed by atoms with Crippen molar-refractivity contribution in [2.45, 2.75) is 39.0 Å². The molecular weight excluding hydrogens is 270 g/mol. The molecule has 2 rings (SSSR count). The van der Waals surface area contributed by atoms with Crippen molar-refractivity contribution in [2.24, 2.45) is 5.41 Å². The summed E-state index contributed by atoms with van der Waals surface area (Å²) in [7, 11) is 1.76. The number of hydrogen-bond acceptors (Lipinski definition) is 7. The van der Waals surface area contributed by atoms with E-state index >= 15 is 0 Å². The van der Waals surface area contributed by atoms with Crippen LogP contribution in [-0.4, -0.2) is 46.9 Å². The Morgan fingerprint density at radius 2 is 1.90 bits per heavy atom. The Hall–Kier alpha value is -1.63. The second-order valence-electron chi connectivity index (χ2n) is 5.58. The molecule has 1 aromatic heterocycles. The van der Waals surface area contributed by atoms with Gasteiger partial charge in [-0.2, -0.15) is 15.0 Å². The molecule has 21 heavy (non-hydrogen) atoms. The van der Waals surface area contributed by atoms with Gasteiger partial charge in [-0.15, -0.1) is 0 Å². The number of ether oxygens (including phenoxy) is 1.